The lowest BCUT2D eigenvalue weighted by Gasteiger charge is -2.27. The van der Waals surface area contributed by atoms with Gasteiger partial charge in [-0.2, -0.15) is 10.1 Å². The van der Waals surface area contributed by atoms with Gasteiger partial charge in [-0.3, -0.25) is 9.48 Å². The normalized spacial score (nSPS) is 20.6. The van der Waals surface area contributed by atoms with E-state index >= 15 is 0 Å². The van der Waals surface area contributed by atoms with Gasteiger partial charge in [-0.25, -0.2) is 4.98 Å². The van der Waals surface area contributed by atoms with Crippen molar-refractivity contribution in [2.45, 2.75) is 37.8 Å². The molecule has 0 aromatic carbocycles. The molecule has 0 unspecified atom stereocenters. The van der Waals surface area contributed by atoms with Gasteiger partial charge in [0.2, 0.25) is 5.95 Å². The van der Waals surface area contributed by atoms with Gasteiger partial charge in [0.15, 0.2) is 0 Å². The van der Waals surface area contributed by atoms with Gasteiger partial charge in [-0.05, 0) is 25.7 Å². The number of carbonyl (C=O) groups excluding carboxylic acids is 1. The summed E-state index contributed by atoms with van der Waals surface area (Å²) in [6.45, 7) is 0. The predicted octanol–water partition coefficient (Wildman–Crippen LogP) is 0.734. The van der Waals surface area contributed by atoms with E-state index in [0.29, 0.717) is 11.8 Å². The van der Waals surface area contributed by atoms with Gasteiger partial charge in [-0.15, -0.1) is 0 Å². The molecule has 0 bridgehead atoms. The molecule has 0 radical (unpaired) electrons. The largest absolute Gasteiger partial charge is 0.367 e. The van der Waals surface area contributed by atoms with Crippen molar-refractivity contribution in [3.63, 3.8) is 0 Å². The van der Waals surface area contributed by atoms with Crippen molar-refractivity contribution in [3.05, 3.63) is 24.2 Å². The summed E-state index contributed by atoms with van der Waals surface area (Å²) in [5.74, 6) is 0.269. The minimum Gasteiger partial charge on any atom is -0.367 e. The summed E-state index contributed by atoms with van der Waals surface area (Å²) < 4.78 is 1.67. The molecule has 1 aliphatic rings. The van der Waals surface area contributed by atoms with E-state index in [1.165, 1.54) is 6.20 Å². The molecule has 2 aromatic rings. The van der Waals surface area contributed by atoms with Gasteiger partial charge in [0.1, 0.15) is 5.82 Å². The second-order valence-corrected chi connectivity index (χ2v) is 6.10. The second-order valence-electron chi connectivity index (χ2n) is 6.10. The smallest absolute Gasteiger partial charge is 0.254 e. The standard InChI is InChI=1S/C15H22N8O/c1-23-8-11(6-19-23)21-15-18-7-12(13(17)24)14(22-15)20-10-4-2-9(16)3-5-10/h6-10H,2-5,16H2,1H3,(H2,17,24)(H2,18,20,21,22). The Morgan fingerprint density at radius 1 is 1.29 bits per heavy atom. The number of carbonyl (C=O) groups is 1. The summed E-state index contributed by atoms with van der Waals surface area (Å²) in [6.07, 6.45) is 8.70. The highest BCUT2D eigenvalue weighted by Gasteiger charge is 2.21. The van der Waals surface area contributed by atoms with Crippen molar-refractivity contribution in [2.24, 2.45) is 18.5 Å². The van der Waals surface area contributed by atoms with E-state index in [1.807, 2.05) is 7.05 Å². The van der Waals surface area contributed by atoms with Crippen LogP contribution in [-0.4, -0.2) is 37.7 Å². The molecule has 0 spiro atoms. The maximum Gasteiger partial charge on any atom is 0.254 e. The van der Waals surface area contributed by atoms with E-state index in [0.717, 1.165) is 31.4 Å². The molecule has 9 nitrogen and oxygen atoms in total. The third-order valence-corrected chi connectivity index (χ3v) is 4.13. The molecule has 0 atom stereocenters. The SMILES string of the molecule is Cn1cc(Nc2ncc(C(N)=O)c(NC3CCC(N)CC3)n2)cn1. The molecule has 1 fully saturated rings. The van der Waals surface area contributed by atoms with E-state index < -0.39 is 5.91 Å². The van der Waals surface area contributed by atoms with Gasteiger partial charge in [0.05, 0.1) is 17.4 Å². The Morgan fingerprint density at radius 3 is 2.67 bits per heavy atom. The van der Waals surface area contributed by atoms with Crippen LogP contribution in [0, 0.1) is 0 Å². The number of anilines is 3. The van der Waals surface area contributed by atoms with Crippen LogP contribution in [0.3, 0.4) is 0 Å². The lowest BCUT2D eigenvalue weighted by Crippen LogP contribution is -2.33. The van der Waals surface area contributed by atoms with Crippen molar-refractivity contribution < 1.29 is 4.79 Å². The number of aromatic nitrogens is 4. The van der Waals surface area contributed by atoms with Crippen LogP contribution in [0.5, 0.6) is 0 Å². The van der Waals surface area contributed by atoms with Gasteiger partial charge in [0.25, 0.3) is 5.91 Å². The van der Waals surface area contributed by atoms with Gasteiger partial charge in [-0.1, -0.05) is 0 Å². The zero-order valence-electron chi connectivity index (χ0n) is 13.6. The van der Waals surface area contributed by atoms with Crippen molar-refractivity contribution >= 4 is 23.4 Å². The van der Waals surface area contributed by atoms with E-state index in [4.69, 9.17) is 11.5 Å². The monoisotopic (exact) mass is 330 g/mol. The summed E-state index contributed by atoms with van der Waals surface area (Å²) in [6, 6.07) is 0.482. The third kappa shape index (κ3) is 3.80. The number of primary amides is 1. The summed E-state index contributed by atoms with van der Waals surface area (Å²) in [4.78, 5) is 20.2. The predicted molar refractivity (Wildman–Crippen MR) is 90.9 cm³/mol. The first-order chi connectivity index (χ1) is 11.5. The van der Waals surface area contributed by atoms with Crippen LogP contribution >= 0.6 is 0 Å². The van der Waals surface area contributed by atoms with Crippen molar-refractivity contribution in [1.82, 2.24) is 19.7 Å². The molecule has 2 heterocycles. The number of amides is 1. The Bertz CT molecular complexity index is 720. The number of nitrogens with zero attached hydrogens (tertiary/aromatic N) is 4. The van der Waals surface area contributed by atoms with E-state index in [2.05, 4.69) is 25.7 Å². The number of rotatable bonds is 5. The topological polar surface area (TPSA) is 137 Å². The van der Waals surface area contributed by atoms with Crippen molar-refractivity contribution in [3.8, 4) is 0 Å². The molecule has 24 heavy (non-hydrogen) atoms. The van der Waals surface area contributed by atoms with Gasteiger partial charge < -0.3 is 22.1 Å². The summed E-state index contributed by atoms with van der Waals surface area (Å²) in [7, 11) is 1.82. The van der Waals surface area contributed by atoms with Crippen LogP contribution in [0.15, 0.2) is 18.6 Å². The van der Waals surface area contributed by atoms with Gasteiger partial charge >= 0.3 is 0 Å². The molecule has 1 aliphatic carbocycles. The third-order valence-electron chi connectivity index (χ3n) is 4.13. The molecule has 3 rings (SSSR count). The quantitative estimate of drug-likeness (QED) is 0.634. The number of hydrogen-bond acceptors (Lipinski definition) is 7. The molecule has 6 N–H and O–H groups in total. The van der Waals surface area contributed by atoms with Crippen molar-refractivity contribution in [1.29, 1.82) is 0 Å². The molecule has 0 aliphatic heterocycles. The summed E-state index contributed by atoms with van der Waals surface area (Å²) in [5, 5.41) is 10.5. The minimum atomic E-state index is -0.557. The maximum absolute atomic E-state index is 11.6. The van der Waals surface area contributed by atoms with Crippen LogP contribution in [0.25, 0.3) is 0 Å². The molecule has 2 aromatic heterocycles. The number of nitrogens with one attached hydrogen (secondary N) is 2. The second kappa shape index (κ2) is 6.83. The average Bonchev–Trinajstić information content (AvgIpc) is 2.94. The first kappa shape index (κ1) is 16.2. The first-order valence-electron chi connectivity index (χ1n) is 7.96. The molecular formula is C15H22N8O. The number of aryl methyl sites for hydroxylation is 1. The molecule has 1 saturated carbocycles. The Labute approximate surface area is 139 Å². The number of hydrogen-bond donors (Lipinski definition) is 4. The molecule has 0 saturated heterocycles. The number of nitrogens with two attached hydrogens (primary N) is 2. The molecule has 1 amide bonds. The van der Waals surface area contributed by atoms with Crippen LogP contribution in [0.1, 0.15) is 36.0 Å². The van der Waals surface area contributed by atoms with Crippen LogP contribution in [-0.2, 0) is 7.05 Å². The fourth-order valence-electron chi connectivity index (χ4n) is 2.80. The molecule has 9 heteroatoms. The lowest BCUT2D eigenvalue weighted by molar-refractivity contribution is 0.100. The van der Waals surface area contributed by atoms with E-state index in [1.54, 1.807) is 17.1 Å². The highest BCUT2D eigenvalue weighted by Crippen LogP contribution is 2.23. The maximum atomic E-state index is 11.6. The summed E-state index contributed by atoms with van der Waals surface area (Å²) in [5.41, 5.74) is 12.4. The molecular weight excluding hydrogens is 308 g/mol. The lowest BCUT2D eigenvalue weighted by atomic mass is 9.92. The Kier molecular flexibility index (Phi) is 4.61. The zero-order valence-corrected chi connectivity index (χ0v) is 13.6. The highest BCUT2D eigenvalue weighted by atomic mass is 16.1. The van der Waals surface area contributed by atoms with Crippen LogP contribution in [0.2, 0.25) is 0 Å². The highest BCUT2D eigenvalue weighted by molar-refractivity contribution is 5.97. The van der Waals surface area contributed by atoms with Crippen LogP contribution < -0.4 is 22.1 Å². The molecule has 128 valence electrons. The Hall–Kier alpha value is -2.68. The summed E-state index contributed by atoms with van der Waals surface area (Å²) >= 11 is 0. The van der Waals surface area contributed by atoms with Crippen LogP contribution in [0.4, 0.5) is 17.5 Å². The minimum absolute atomic E-state index is 0.226. The Balaban J connectivity index is 1.79. The van der Waals surface area contributed by atoms with Crippen molar-refractivity contribution in [2.75, 3.05) is 10.6 Å². The fraction of sp³-hybridized carbons (Fsp3) is 0.467. The Morgan fingerprint density at radius 2 is 2.04 bits per heavy atom. The first-order valence-corrected chi connectivity index (χ1v) is 7.96. The van der Waals surface area contributed by atoms with E-state index in [-0.39, 0.29) is 17.6 Å². The average molecular weight is 330 g/mol. The fourth-order valence-corrected chi connectivity index (χ4v) is 2.80. The zero-order chi connectivity index (χ0) is 17.1. The van der Waals surface area contributed by atoms with E-state index in [9.17, 15) is 4.79 Å². The van der Waals surface area contributed by atoms with Gasteiger partial charge in [0, 0.05) is 31.5 Å².